The van der Waals surface area contributed by atoms with Gasteiger partial charge in [-0.3, -0.25) is 9.59 Å². The zero-order valence-corrected chi connectivity index (χ0v) is 22.0. The molecule has 2 aliphatic heterocycles. The number of anilines is 1. The van der Waals surface area contributed by atoms with E-state index in [4.69, 9.17) is 0 Å². The Labute approximate surface area is 232 Å². The summed E-state index contributed by atoms with van der Waals surface area (Å²) in [5.41, 5.74) is 5.63. The zero-order valence-electron chi connectivity index (χ0n) is 22.0. The number of rotatable bonds is 5. The van der Waals surface area contributed by atoms with Gasteiger partial charge in [-0.15, -0.1) is 0 Å². The standard InChI is InChI=1S/C33H29N5O2/c39-29(37-20-18-36(19-21-37)28-16-8-9-17-34-28)22-38-32(24-12-4-5-13-25(24)33(38)40)30-26-14-6-7-15-27(26)35-31(30)23-10-2-1-3-11-23/h1-17,32,35H,18-22H2/t32-/m1/s1. The highest BCUT2D eigenvalue weighted by atomic mass is 16.2. The highest BCUT2D eigenvalue weighted by Crippen LogP contribution is 2.45. The van der Waals surface area contributed by atoms with Crippen molar-refractivity contribution in [2.45, 2.75) is 6.04 Å². The van der Waals surface area contributed by atoms with Crippen molar-refractivity contribution in [2.75, 3.05) is 37.6 Å². The molecule has 1 saturated heterocycles. The fraction of sp³-hybridized carbons (Fsp3) is 0.182. The summed E-state index contributed by atoms with van der Waals surface area (Å²) in [7, 11) is 0. The third kappa shape index (κ3) is 4.11. The number of carbonyl (C=O) groups is 2. The van der Waals surface area contributed by atoms with Crippen LogP contribution in [0.4, 0.5) is 5.82 Å². The molecule has 0 spiro atoms. The molecule has 2 aromatic heterocycles. The Morgan fingerprint density at radius 2 is 1.55 bits per heavy atom. The number of nitrogens with zero attached hydrogens (tertiary/aromatic N) is 4. The lowest BCUT2D eigenvalue weighted by atomic mass is 9.93. The highest BCUT2D eigenvalue weighted by molar-refractivity contribution is 6.03. The van der Waals surface area contributed by atoms with Gasteiger partial charge in [0.1, 0.15) is 12.4 Å². The molecule has 198 valence electrons. The summed E-state index contributed by atoms with van der Waals surface area (Å²) in [6.07, 6.45) is 1.79. The quantitative estimate of drug-likeness (QED) is 0.344. The summed E-state index contributed by atoms with van der Waals surface area (Å²) in [6.45, 7) is 2.63. The van der Waals surface area contributed by atoms with Gasteiger partial charge in [0, 0.05) is 54.4 Å². The van der Waals surface area contributed by atoms with Crippen molar-refractivity contribution in [3.63, 3.8) is 0 Å². The van der Waals surface area contributed by atoms with Gasteiger partial charge in [0.2, 0.25) is 5.91 Å². The van der Waals surface area contributed by atoms with Crippen LogP contribution in [0.25, 0.3) is 22.2 Å². The average molecular weight is 528 g/mol. The molecule has 0 bridgehead atoms. The number of H-pyrrole nitrogens is 1. The third-order valence-corrected chi connectivity index (χ3v) is 8.05. The van der Waals surface area contributed by atoms with Crippen LogP contribution in [0.2, 0.25) is 0 Å². The number of nitrogens with one attached hydrogen (secondary N) is 1. The SMILES string of the molecule is O=C(CN1C(=O)c2ccccc2[C@@H]1c1c(-c2ccccc2)[nH]c2ccccc12)N1CCN(c2ccccn2)CC1. The van der Waals surface area contributed by atoms with Gasteiger partial charge in [0.05, 0.1) is 11.7 Å². The number of aromatic nitrogens is 2. The van der Waals surface area contributed by atoms with Gasteiger partial charge < -0.3 is 19.7 Å². The summed E-state index contributed by atoms with van der Waals surface area (Å²) < 4.78 is 0. The second kappa shape index (κ2) is 10.0. The zero-order chi connectivity index (χ0) is 27.1. The van der Waals surface area contributed by atoms with Crippen molar-refractivity contribution in [2.24, 2.45) is 0 Å². The lowest BCUT2D eigenvalue weighted by Gasteiger charge is -2.36. The van der Waals surface area contributed by atoms with Gasteiger partial charge in [0.15, 0.2) is 0 Å². The molecule has 1 fully saturated rings. The topological polar surface area (TPSA) is 72.5 Å². The maximum absolute atomic E-state index is 13.9. The number of benzene rings is 3. The molecule has 0 saturated carbocycles. The van der Waals surface area contributed by atoms with E-state index in [1.807, 2.05) is 77.7 Å². The first-order valence-corrected chi connectivity index (χ1v) is 13.7. The van der Waals surface area contributed by atoms with E-state index in [0.717, 1.165) is 39.1 Å². The van der Waals surface area contributed by atoms with Crippen molar-refractivity contribution in [1.82, 2.24) is 19.8 Å². The van der Waals surface area contributed by atoms with Gasteiger partial charge in [-0.25, -0.2) is 4.98 Å². The fourth-order valence-electron chi connectivity index (χ4n) is 6.10. The first-order chi connectivity index (χ1) is 19.7. The third-order valence-electron chi connectivity index (χ3n) is 8.05. The molecule has 7 rings (SSSR count). The highest BCUT2D eigenvalue weighted by Gasteiger charge is 2.41. The minimum absolute atomic E-state index is 0.0233. The van der Waals surface area contributed by atoms with Gasteiger partial charge in [-0.1, -0.05) is 72.8 Å². The van der Waals surface area contributed by atoms with Crippen LogP contribution in [0.15, 0.2) is 103 Å². The molecule has 7 nitrogen and oxygen atoms in total. The number of carbonyl (C=O) groups excluding carboxylic acids is 2. The molecule has 0 unspecified atom stereocenters. The lowest BCUT2D eigenvalue weighted by Crippen LogP contribution is -2.51. The smallest absolute Gasteiger partial charge is 0.255 e. The van der Waals surface area contributed by atoms with Crippen molar-refractivity contribution in [3.8, 4) is 11.3 Å². The van der Waals surface area contributed by atoms with Crippen LogP contribution in [0.3, 0.4) is 0 Å². The molecule has 40 heavy (non-hydrogen) atoms. The number of para-hydroxylation sites is 1. The summed E-state index contributed by atoms with van der Waals surface area (Å²) in [5, 5.41) is 1.05. The number of amides is 2. The molecule has 4 heterocycles. The van der Waals surface area contributed by atoms with Crippen LogP contribution in [0.5, 0.6) is 0 Å². The van der Waals surface area contributed by atoms with E-state index < -0.39 is 0 Å². The van der Waals surface area contributed by atoms with E-state index in [2.05, 4.69) is 39.1 Å². The van der Waals surface area contributed by atoms with E-state index in [1.54, 1.807) is 11.1 Å². The largest absolute Gasteiger partial charge is 0.354 e. The predicted molar refractivity (Wildman–Crippen MR) is 156 cm³/mol. The maximum Gasteiger partial charge on any atom is 0.255 e. The second-order valence-electron chi connectivity index (χ2n) is 10.3. The van der Waals surface area contributed by atoms with Crippen LogP contribution in [0, 0.1) is 0 Å². The molecule has 2 amide bonds. The van der Waals surface area contributed by atoms with Gasteiger partial charge in [-0.2, -0.15) is 0 Å². The average Bonchev–Trinajstić information content (AvgIpc) is 3.53. The van der Waals surface area contributed by atoms with Gasteiger partial charge in [0.25, 0.3) is 5.91 Å². The monoisotopic (exact) mass is 527 g/mol. The molecule has 0 radical (unpaired) electrons. The van der Waals surface area contributed by atoms with Crippen molar-refractivity contribution in [1.29, 1.82) is 0 Å². The predicted octanol–water partition coefficient (Wildman–Crippen LogP) is 5.12. The van der Waals surface area contributed by atoms with Crippen LogP contribution >= 0.6 is 0 Å². The Kier molecular flexibility index (Phi) is 6.04. The fourth-order valence-corrected chi connectivity index (χ4v) is 6.10. The number of fused-ring (bicyclic) bond motifs is 2. The summed E-state index contributed by atoms with van der Waals surface area (Å²) in [6, 6.07) is 31.6. The number of piperazine rings is 1. The first-order valence-electron chi connectivity index (χ1n) is 13.7. The number of hydrogen-bond donors (Lipinski definition) is 1. The minimum Gasteiger partial charge on any atom is -0.354 e. The van der Waals surface area contributed by atoms with Crippen LogP contribution in [0.1, 0.15) is 27.5 Å². The lowest BCUT2D eigenvalue weighted by molar-refractivity contribution is -0.132. The van der Waals surface area contributed by atoms with Gasteiger partial charge in [-0.05, 0) is 35.4 Å². The van der Waals surface area contributed by atoms with Gasteiger partial charge >= 0.3 is 0 Å². The van der Waals surface area contributed by atoms with E-state index in [0.29, 0.717) is 31.7 Å². The van der Waals surface area contributed by atoms with Crippen molar-refractivity contribution >= 4 is 28.5 Å². The second-order valence-corrected chi connectivity index (χ2v) is 10.3. The van der Waals surface area contributed by atoms with E-state index in [9.17, 15) is 9.59 Å². The molecule has 5 aromatic rings. The normalized spacial score (nSPS) is 16.9. The summed E-state index contributed by atoms with van der Waals surface area (Å²) >= 11 is 0. The Balaban J connectivity index is 1.24. The van der Waals surface area contributed by atoms with Crippen LogP contribution < -0.4 is 4.90 Å². The molecule has 1 N–H and O–H groups in total. The molecule has 1 atom stereocenters. The van der Waals surface area contributed by atoms with Crippen molar-refractivity contribution < 1.29 is 9.59 Å². The molecule has 0 aliphatic carbocycles. The number of pyridine rings is 1. The molecular weight excluding hydrogens is 498 g/mol. The van der Waals surface area contributed by atoms with E-state index >= 15 is 0 Å². The minimum atomic E-state index is -0.381. The number of aromatic amines is 1. The molecular formula is C33H29N5O2. The molecule has 2 aliphatic rings. The van der Waals surface area contributed by atoms with Crippen molar-refractivity contribution in [3.05, 3.63) is 120 Å². The Bertz CT molecular complexity index is 1690. The van der Waals surface area contributed by atoms with E-state index in [-0.39, 0.29) is 24.4 Å². The maximum atomic E-state index is 13.9. The Morgan fingerprint density at radius 3 is 2.35 bits per heavy atom. The summed E-state index contributed by atoms with van der Waals surface area (Å²) in [4.78, 5) is 41.5. The number of hydrogen-bond acceptors (Lipinski definition) is 4. The summed E-state index contributed by atoms with van der Waals surface area (Å²) in [5.74, 6) is 0.783. The Morgan fingerprint density at radius 1 is 0.825 bits per heavy atom. The molecule has 7 heteroatoms. The first kappa shape index (κ1) is 24.2. The van der Waals surface area contributed by atoms with E-state index in [1.165, 1.54) is 0 Å². The van der Waals surface area contributed by atoms with Crippen LogP contribution in [-0.2, 0) is 4.79 Å². The molecule has 3 aromatic carbocycles. The van der Waals surface area contributed by atoms with Crippen LogP contribution in [-0.4, -0.2) is 64.3 Å². The Hall–Kier alpha value is -4.91.